The summed E-state index contributed by atoms with van der Waals surface area (Å²) in [5.74, 6) is -1.22. The maximum absolute atomic E-state index is 13.5. The van der Waals surface area contributed by atoms with Gasteiger partial charge < -0.3 is 45.1 Å². The molecule has 1 saturated heterocycles. The standard InChI is InChI=1S/C77H131NO10/c1-4-7-10-13-16-19-22-25-27-29-31-33-35-37-38-40-42-44-46-49-52-55-58-61-64-70(81)76(85)78-68(69(80)63-60-57-54-51-48-24-21-18-15-12-9-6-3)67-86-77-75(74(84)73(83)71(66-79)87-77)88-72(82)65-62-59-56-53-50-47-45-43-41-39-36-34-32-30-28-26-23-20-17-14-11-8-5-2/h8,11,16-17,19-20,25-28,31-34,37-39,41,60,63,68-71,73-75,77,79-81,83-84H,4-7,9-10,12-15,18,21-24,29-30,35-36,40,42-59,61-62,64-67H2,1-3H3,(H,78,85)/b11-8-,19-16-,20-17-,27-25-,28-26-,33-31-,34-32-,38-37-,41-39-,63-60+. The minimum atomic E-state index is -1.63. The van der Waals surface area contributed by atoms with E-state index in [9.17, 15) is 35.1 Å². The number of aliphatic hydroxyl groups excluding tert-OH is 5. The van der Waals surface area contributed by atoms with Crippen LogP contribution in [0.15, 0.2) is 122 Å². The van der Waals surface area contributed by atoms with E-state index in [1.807, 2.05) is 6.08 Å². The third-order valence-corrected chi connectivity index (χ3v) is 16.1. The Morgan fingerprint density at radius 3 is 1.25 bits per heavy atom. The van der Waals surface area contributed by atoms with Crippen molar-refractivity contribution >= 4 is 11.9 Å². The van der Waals surface area contributed by atoms with Crippen LogP contribution >= 0.6 is 0 Å². The number of ether oxygens (including phenoxy) is 3. The molecule has 1 fully saturated rings. The molecule has 1 amide bonds. The van der Waals surface area contributed by atoms with Gasteiger partial charge in [-0.05, 0) is 116 Å². The topological polar surface area (TPSA) is 175 Å². The molecule has 1 heterocycles. The van der Waals surface area contributed by atoms with Crippen molar-refractivity contribution < 1.29 is 49.3 Å². The highest BCUT2D eigenvalue weighted by Crippen LogP contribution is 2.26. The Bertz CT molecular complexity index is 1900. The summed E-state index contributed by atoms with van der Waals surface area (Å²) in [5.41, 5.74) is 0. The van der Waals surface area contributed by atoms with Gasteiger partial charge in [0, 0.05) is 6.42 Å². The fraction of sp³-hybridized carbons (Fsp3) is 0.714. The molecular formula is C77H131NO10. The molecule has 0 aliphatic carbocycles. The van der Waals surface area contributed by atoms with Gasteiger partial charge in [-0.15, -0.1) is 0 Å². The largest absolute Gasteiger partial charge is 0.454 e. The van der Waals surface area contributed by atoms with Gasteiger partial charge in [0.2, 0.25) is 5.91 Å². The number of rotatable bonds is 60. The van der Waals surface area contributed by atoms with Gasteiger partial charge in [0.05, 0.1) is 25.4 Å². The molecule has 8 atom stereocenters. The van der Waals surface area contributed by atoms with Crippen molar-refractivity contribution in [1.29, 1.82) is 0 Å². The van der Waals surface area contributed by atoms with Gasteiger partial charge in [-0.3, -0.25) is 9.59 Å². The smallest absolute Gasteiger partial charge is 0.306 e. The van der Waals surface area contributed by atoms with Gasteiger partial charge in [-0.2, -0.15) is 0 Å². The van der Waals surface area contributed by atoms with E-state index < -0.39 is 67.4 Å². The number of nitrogens with one attached hydrogen (secondary N) is 1. The van der Waals surface area contributed by atoms with E-state index in [4.69, 9.17) is 14.2 Å². The van der Waals surface area contributed by atoms with E-state index in [2.05, 4.69) is 135 Å². The highest BCUT2D eigenvalue weighted by atomic mass is 16.7. The number of hydrogen-bond donors (Lipinski definition) is 6. The van der Waals surface area contributed by atoms with Crippen LogP contribution in [0.25, 0.3) is 0 Å². The number of unbranched alkanes of at least 4 members (excludes halogenated alkanes) is 28. The Hall–Kier alpha value is -3.94. The summed E-state index contributed by atoms with van der Waals surface area (Å²) >= 11 is 0. The average Bonchev–Trinajstić information content (AvgIpc) is 2.54. The first kappa shape index (κ1) is 82.1. The van der Waals surface area contributed by atoms with Crippen molar-refractivity contribution in [2.24, 2.45) is 0 Å². The van der Waals surface area contributed by atoms with Gasteiger partial charge >= 0.3 is 5.97 Å². The summed E-state index contributed by atoms with van der Waals surface area (Å²) < 4.78 is 17.7. The summed E-state index contributed by atoms with van der Waals surface area (Å²) in [6.45, 7) is 5.65. The monoisotopic (exact) mass is 1230 g/mol. The van der Waals surface area contributed by atoms with Gasteiger partial charge in [-0.1, -0.05) is 290 Å². The first-order valence-electron chi connectivity index (χ1n) is 35.8. The molecule has 6 N–H and O–H groups in total. The molecule has 8 unspecified atom stereocenters. The van der Waals surface area contributed by atoms with Gasteiger partial charge in [-0.25, -0.2) is 0 Å². The third kappa shape index (κ3) is 49.8. The molecule has 0 aromatic carbocycles. The van der Waals surface area contributed by atoms with Crippen molar-refractivity contribution in [2.45, 2.75) is 339 Å². The Kier molecular flexibility index (Phi) is 59.0. The lowest BCUT2D eigenvalue weighted by Crippen LogP contribution is -2.61. The lowest BCUT2D eigenvalue weighted by Gasteiger charge is -2.41. The van der Waals surface area contributed by atoms with Crippen LogP contribution in [0.3, 0.4) is 0 Å². The molecule has 0 aromatic rings. The van der Waals surface area contributed by atoms with E-state index in [0.717, 1.165) is 141 Å². The van der Waals surface area contributed by atoms with E-state index in [1.165, 1.54) is 103 Å². The zero-order valence-corrected chi connectivity index (χ0v) is 56.1. The number of esters is 1. The predicted molar refractivity (Wildman–Crippen MR) is 370 cm³/mol. The Morgan fingerprint density at radius 2 is 0.818 bits per heavy atom. The van der Waals surface area contributed by atoms with Crippen molar-refractivity contribution in [1.82, 2.24) is 5.32 Å². The second kappa shape index (κ2) is 63.2. The van der Waals surface area contributed by atoms with Crippen LogP contribution in [-0.2, 0) is 23.8 Å². The Morgan fingerprint density at radius 1 is 0.455 bits per heavy atom. The van der Waals surface area contributed by atoms with Crippen molar-refractivity contribution in [3.8, 4) is 0 Å². The molecule has 504 valence electrons. The van der Waals surface area contributed by atoms with Crippen LogP contribution in [0.2, 0.25) is 0 Å². The highest BCUT2D eigenvalue weighted by Gasteiger charge is 2.47. The predicted octanol–water partition coefficient (Wildman–Crippen LogP) is 18.6. The van der Waals surface area contributed by atoms with Crippen LogP contribution in [0.4, 0.5) is 0 Å². The fourth-order valence-corrected chi connectivity index (χ4v) is 10.5. The number of allylic oxidation sites excluding steroid dienone is 19. The number of amides is 1. The molecule has 11 nitrogen and oxygen atoms in total. The molecule has 1 aliphatic heterocycles. The summed E-state index contributed by atoms with van der Waals surface area (Å²) in [7, 11) is 0. The summed E-state index contributed by atoms with van der Waals surface area (Å²) in [4.78, 5) is 26.7. The van der Waals surface area contributed by atoms with Gasteiger partial charge in [0.1, 0.15) is 24.4 Å². The molecule has 0 spiro atoms. The van der Waals surface area contributed by atoms with E-state index in [-0.39, 0.29) is 19.4 Å². The number of aliphatic hydroxyl groups is 5. The maximum Gasteiger partial charge on any atom is 0.306 e. The van der Waals surface area contributed by atoms with Crippen molar-refractivity contribution in [3.63, 3.8) is 0 Å². The zero-order chi connectivity index (χ0) is 63.9. The number of hydrogen-bond acceptors (Lipinski definition) is 10. The molecule has 0 radical (unpaired) electrons. The lowest BCUT2D eigenvalue weighted by atomic mass is 9.99. The molecule has 88 heavy (non-hydrogen) atoms. The number of carbonyl (C=O) groups excluding carboxylic acids is 2. The number of carbonyl (C=O) groups is 2. The van der Waals surface area contributed by atoms with Crippen LogP contribution in [-0.4, -0.2) is 99.6 Å². The summed E-state index contributed by atoms with van der Waals surface area (Å²) in [6, 6.07) is -1.04. The first-order chi connectivity index (χ1) is 43.2. The van der Waals surface area contributed by atoms with E-state index in [1.54, 1.807) is 6.08 Å². The SMILES string of the molecule is CC/C=C\C/C=C\C/C=C\C/C=C\C/C=C\CCCCCCCCCC(=O)OC1C(OCC(NC(=O)C(O)CCCCCCCCCC/C=C\C/C=C\C/C=C\C/C=C\CCCCC)C(O)/C=C/CCCCCCCCCCCC)OC(CO)C(O)C1O. The van der Waals surface area contributed by atoms with Gasteiger partial charge in [0.25, 0.3) is 0 Å². The van der Waals surface area contributed by atoms with Crippen LogP contribution in [0.1, 0.15) is 290 Å². The molecule has 0 saturated carbocycles. The van der Waals surface area contributed by atoms with Crippen LogP contribution < -0.4 is 5.32 Å². The summed E-state index contributed by atoms with van der Waals surface area (Å²) in [6.07, 6.45) is 78.0. The Labute approximate surface area is 538 Å². The van der Waals surface area contributed by atoms with Gasteiger partial charge in [0.15, 0.2) is 12.4 Å². The highest BCUT2D eigenvalue weighted by molar-refractivity contribution is 5.80. The second-order valence-corrected chi connectivity index (χ2v) is 24.2. The molecule has 0 aromatic heterocycles. The summed E-state index contributed by atoms with van der Waals surface area (Å²) in [5, 5.41) is 57.3. The molecule has 11 heteroatoms. The van der Waals surface area contributed by atoms with Crippen LogP contribution in [0, 0.1) is 0 Å². The third-order valence-electron chi connectivity index (χ3n) is 16.1. The normalized spacial score (nSPS) is 18.9. The minimum Gasteiger partial charge on any atom is -0.454 e. The first-order valence-corrected chi connectivity index (χ1v) is 35.8. The van der Waals surface area contributed by atoms with Crippen molar-refractivity contribution in [2.75, 3.05) is 13.2 Å². The molecular weight excluding hydrogens is 1100 g/mol. The second-order valence-electron chi connectivity index (χ2n) is 24.2. The molecule has 1 rings (SSSR count). The zero-order valence-electron chi connectivity index (χ0n) is 56.1. The van der Waals surface area contributed by atoms with Crippen LogP contribution in [0.5, 0.6) is 0 Å². The minimum absolute atomic E-state index is 0.104. The van der Waals surface area contributed by atoms with Crippen molar-refractivity contribution in [3.05, 3.63) is 122 Å². The maximum atomic E-state index is 13.5. The Balaban J connectivity index is 2.60. The fourth-order valence-electron chi connectivity index (χ4n) is 10.5. The van der Waals surface area contributed by atoms with E-state index >= 15 is 0 Å². The molecule has 0 bridgehead atoms. The lowest BCUT2D eigenvalue weighted by molar-refractivity contribution is -0.305. The average molecular weight is 1230 g/mol. The van der Waals surface area contributed by atoms with E-state index in [0.29, 0.717) is 12.8 Å². The quantitative estimate of drug-likeness (QED) is 0.0195. The molecule has 1 aliphatic rings.